The highest BCUT2D eigenvalue weighted by molar-refractivity contribution is 5.84. The summed E-state index contributed by atoms with van der Waals surface area (Å²) >= 11 is 0. The fourth-order valence-electron chi connectivity index (χ4n) is 2.61. The van der Waals surface area contributed by atoms with E-state index in [4.69, 9.17) is 0 Å². The Hall–Kier alpha value is -1.56. The van der Waals surface area contributed by atoms with Crippen LogP contribution in [0.2, 0.25) is 0 Å². The van der Waals surface area contributed by atoms with Crippen LogP contribution in [0.25, 0.3) is 0 Å². The third kappa shape index (κ3) is 3.37. The molecule has 1 amide bonds. The van der Waals surface area contributed by atoms with Gasteiger partial charge in [-0.3, -0.25) is 4.79 Å². The molecule has 1 atom stereocenters. The molecule has 1 aliphatic heterocycles. The van der Waals surface area contributed by atoms with Crippen molar-refractivity contribution in [1.29, 1.82) is 0 Å². The van der Waals surface area contributed by atoms with Crippen molar-refractivity contribution in [3.8, 4) is 0 Å². The van der Waals surface area contributed by atoms with Crippen molar-refractivity contribution >= 4 is 5.91 Å². The maximum atomic E-state index is 13.2. The molecule has 116 valence electrons. The van der Waals surface area contributed by atoms with Gasteiger partial charge in [0.25, 0.3) is 0 Å². The largest absolute Gasteiger partial charge is 0.404 e. The summed E-state index contributed by atoms with van der Waals surface area (Å²) in [6.45, 7) is 2.03. The zero-order valence-electron chi connectivity index (χ0n) is 11.9. The number of rotatable bonds is 4. The summed E-state index contributed by atoms with van der Waals surface area (Å²) in [6, 6.07) is 7.70. The van der Waals surface area contributed by atoms with Crippen LogP contribution < -0.4 is 10.6 Å². The molecule has 1 aromatic rings. The second-order valence-electron chi connectivity index (χ2n) is 5.50. The Morgan fingerprint density at radius 2 is 2.19 bits per heavy atom. The molecule has 21 heavy (non-hydrogen) atoms. The lowest BCUT2D eigenvalue weighted by molar-refractivity contribution is -0.215. The van der Waals surface area contributed by atoms with E-state index < -0.39 is 17.5 Å². The highest BCUT2D eigenvalue weighted by Gasteiger charge is 2.61. The lowest BCUT2D eigenvalue weighted by atomic mass is 9.85. The van der Waals surface area contributed by atoms with E-state index in [-0.39, 0.29) is 26.1 Å². The quantitative estimate of drug-likeness (QED) is 0.895. The molecule has 0 aliphatic carbocycles. The van der Waals surface area contributed by atoms with E-state index in [2.05, 4.69) is 10.6 Å². The van der Waals surface area contributed by atoms with Gasteiger partial charge in [0, 0.05) is 13.1 Å². The Balaban J connectivity index is 1.94. The molecule has 1 heterocycles. The number of halogens is 3. The van der Waals surface area contributed by atoms with Gasteiger partial charge in [-0.25, -0.2) is 0 Å². The predicted molar refractivity (Wildman–Crippen MR) is 73.9 cm³/mol. The maximum Gasteiger partial charge on any atom is 0.404 e. The van der Waals surface area contributed by atoms with Gasteiger partial charge in [0.2, 0.25) is 5.91 Å². The molecular weight excluding hydrogens is 281 g/mol. The number of amides is 1. The monoisotopic (exact) mass is 300 g/mol. The van der Waals surface area contributed by atoms with E-state index >= 15 is 0 Å². The van der Waals surface area contributed by atoms with E-state index in [1.807, 2.05) is 31.2 Å². The molecule has 2 N–H and O–H groups in total. The Kier molecular flexibility index (Phi) is 4.56. The molecule has 1 unspecified atom stereocenters. The van der Waals surface area contributed by atoms with Crippen LogP contribution in [0.3, 0.4) is 0 Å². The number of hydrogen-bond acceptors (Lipinski definition) is 2. The smallest absolute Gasteiger partial charge is 0.355 e. The number of aryl methyl sites for hydroxylation is 1. The highest BCUT2D eigenvalue weighted by Crippen LogP contribution is 2.43. The molecular formula is C15H19F3N2O. The standard InChI is InChI=1S/C15H19F3N2O/c1-11-3-2-4-12(9-11)5-7-20-13(21)14(15(16,17)18)6-8-19-10-14/h2-4,9,19H,5-8,10H2,1H3,(H,20,21). The van der Waals surface area contributed by atoms with Crippen LogP contribution in [0.4, 0.5) is 13.2 Å². The van der Waals surface area contributed by atoms with Gasteiger partial charge in [0.1, 0.15) is 0 Å². The van der Waals surface area contributed by atoms with Gasteiger partial charge in [-0.05, 0) is 31.9 Å². The van der Waals surface area contributed by atoms with Crippen molar-refractivity contribution in [2.24, 2.45) is 5.41 Å². The zero-order chi connectivity index (χ0) is 15.5. The van der Waals surface area contributed by atoms with Crippen molar-refractivity contribution in [2.75, 3.05) is 19.6 Å². The fourth-order valence-corrected chi connectivity index (χ4v) is 2.61. The topological polar surface area (TPSA) is 41.1 Å². The average Bonchev–Trinajstić information content (AvgIpc) is 2.88. The van der Waals surface area contributed by atoms with Crippen LogP contribution in [-0.2, 0) is 11.2 Å². The molecule has 1 fully saturated rings. The summed E-state index contributed by atoms with van der Waals surface area (Å²) in [7, 11) is 0. The number of nitrogens with one attached hydrogen (secondary N) is 2. The SMILES string of the molecule is Cc1cccc(CCNC(=O)C2(C(F)(F)F)CCNC2)c1. The normalized spacial score (nSPS) is 22.3. The molecule has 1 saturated heterocycles. The molecule has 2 rings (SSSR count). The van der Waals surface area contributed by atoms with Gasteiger partial charge in [0.15, 0.2) is 5.41 Å². The second kappa shape index (κ2) is 6.05. The molecule has 0 radical (unpaired) electrons. The van der Waals surface area contributed by atoms with Gasteiger partial charge in [-0.15, -0.1) is 0 Å². The number of carbonyl (C=O) groups is 1. The van der Waals surface area contributed by atoms with E-state index in [1.54, 1.807) is 0 Å². The molecule has 0 bridgehead atoms. The number of benzene rings is 1. The van der Waals surface area contributed by atoms with Crippen LogP contribution in [0.15, 0.2) is 24.3 Å². The third-order valence-corrected chi connectivity index (χ3v) is 3.91. The molecule has 0 aromatic heterocycles. The maximum absolute atomic E-state index is 13.2. The number of hydrogen-bond donors (Lipinski definition) is 2. The van der Waals surface area contributed by atoms with Crippen molar-refractivity contribution < 1.29 is 18.0 Å². The first-order valence-corrected chi connectivity index (χ1v) is 6.96. The Morgan fingerprint density at radius 1 is 1.43 bits per heavy atom. The lowest BCUT2D eigenvalue weighted by Crippen LogP contribution is -2.52. The molecule has 0 spiro atoms. The van der Waals surface area contributed by atoms with Gasteiger partial charge < -0.3 is 10.6 Å². The van der Waals surface area contributed by atoms with Crippen molar-refractivity contribution in [3.05, 3.63) is 35.4 Å². The van der Waals surface area contributed by atoms with Crippen LogP contribution in [-0.4, -0.2) is 31.7 Å². The third-order valence-electron chi connectivity index (χ3n) is 3.91. The van der Waals surface area contributed by atoms with Crippen molar-refractivity contribution in [2.45, 2.75) is 25.9 Å². The van der Waals surface area contributed by atoms with E-state index in [0.29, 0.717) is 6.42 Å². The van der Waals surface area contributed by atoms with Crippen molar-refractivity contribution in [1.82, 2.24) is 10.6 Å². The first-order valence-electron chi connectivity index (χ1n) is 6.96. The molecule has 1 aromatic carbocycles. The van der Waals surface area contributed by atoms with Crippen LogP contribution in [0.1, 0.15) is 17.5 Å². The number of alkyl halides is 3. The molecule has 3 nitrogen and oxygen atoms in total. The minimum absolute atomic E-state index is 0.202. The molecule has 0 saturated carbocycles. The Bertz CT molecular complexity index is 508. The zero-order valence-corrected chi connectivity index (χ0v) is 11.9. The average molecular weight is 300 g/mol. The summed E-state index contributed by atoms with van der Waals surface area (Å²) in [6.07, 6.45) is -4.20. The minimum atomic E-state index is -4.52. The summed E-state index contributed by atoms with van der Waals surface area (Å²) in [5.41, 5.74) is -0.189. The van der Waals surface area contributed by atoms with E-state index in [0.717, 1.165) is 11.1 Å². The molecule has 6 heteroatoms. The van der Waals surface area contributed by atoms with Crippen molar-refractivity contribution in [3.63, 3.8) is 0 Å². The summed E-state index contributed by atoms with van der Waals surface area (Å²) in [5, 5.41) is 5.08. The van der Waals surface area contributed by atoms with Crippen LogP contribution in [0, 0.1) is 12.3 Å². The summed E-state index contributed by atoms with van der Waals surface area (Å²) in [4.78, 5) is 12.0. The van der Waals surface area contributed by atoms with Gasteiger partial charge in [-0.2, -0.15) is 13.2 Å². The number of carbonyl (C=O) groups excluding carboxylic acids is 1. The van der Waals surface area contributed by atoms with E-state index in [9.17, 15) is 18.0 Å². The fraction of sp³-hybridized carbons (Fsp3) is 0.533. The van der Waals surface area contributed by atoms with E-state index in [1.165, 1.54) is 0 Å². The van der Waals surface area contributed by atoms with Gasteiger partial charge >= 0.3 is 6.18 Å². The first kappa shape index (κ1) is 15.8. The molecule has 1 aliphatic rings. The second-order valence-corrected chi connectivity index (χ2v) is 5.50. The minimum Gasteiger partial charge on any atom is -0.355 e. The predicted octanol–water partition coefficient (Wildman–Crippen LogP) is 2.20. The first-order chi connectivity index (χ1) is 9.85. The lowest BCUT2D eigenvalue weighted by Gasteiger charge is -2.29. The highest BCUT2D eigenvalue weighted by atomic mass is 19.4. The van der Waals surface area contributed by atoms with Crippen LogP contribution in [0.5, 0.6) is 0 Å². The summed E-state index contributed by atoms with van der Waals surface area (Å²) in [5.74, 6) is -0.923. The Labute approximate surface area is 121 Å². The van der Waals surface area contributed by atoms with Crippen LogP contribution >= 0.6 is 0 Å². The Morgan fingerprint density at radius 3 is 2.76 bits per heavy atom. The summed E-state index contributed by atoms with van der Waals surface area (Å²) < 4.78 is 39.5. The van der Waals surface area contributed by atoms with Gasteiger partial charge in [-0.1, -0.05) is 29.8 Å². The van der Waals surface area contributed by atoms with Gasteiger partial charge in [0.05, 0.1) is 0 Å².